The number of carboxylic acids is 3. The molecule has 0 saturated carbocycles. The summed E-state index contributed by atoms with van der Waals surface area (Å²) in [5, 5.41) is 48.2. The van der Waals surface area contributed by atoms with Gasteiger partial charge in [0.1, 0.15) is 0 Å². The summed E-state index contributed by atoms with van der Waals surface area (Å²) >= 11 is 0. The highest BCUT2D eigenvalue weighted by molar-refractivity contribution is 5.88. The van der Waals surface area contributed by atoms with Crippen molar-refractivity contribution in [1.82, 2.24) is 15.2 Å². The Bertz CT molecular complexity index is 1170. The molecule has 0 amide bonds. The number of methoxy groups -OCH3 is 1. The Hall–Kier alpha value is -3.74. The number of ether oxygens (including phenoxy) is 1. The standard InChI is InChI=1S/C23H33N3O2.C6H8O7/c1-22(2)12-19(13-23(3,4)25-22)26(15-17-8-7-11-24-14-17)16-18-9-6-10-20(28-5)21(18)27;7-3(8)1-6(13,5(11)12)2-4(9)10/h6-11,14,19,25,27H,12-13,15-16H2,1-5H3;13H,1-2H2,(H,7,8)(H,9,10)(H,11,12). The van der Waals surface area contributed by atoms with Gasteiger partial charge in [-0.25, -0.2) is 4.79 Å². The summed E-state index contributed by atoms with van der Waals surface area (Å²) in [7, 11) is 1.59. The van der Waals surface area contributed by atoms with Crippen molar-refractivity contribution in [1.29, 1.82) is 0 Å². The van der Waals surface area contributed by atoms with Crippen molar-refractivity contribution in [2.75, 3.05) is 7.11 Å². The van der Waals surface area contributed by atoms with E-state index in [0.717, 1.165) is 24.9 Å². The summed E-state index contributed by atoms with van der Waals surface area (Å²) in [6.45, 7) is 10.5. The molecule has 0 bridgehead atoms. The predicted octanol–water partition coefficient (Wildman–Crippen LogP) is 2.86. The zero-order valence-corrected chi connectivity index (χ0v) is 24.1. The number of aromatic nitrogens is 1. The van der Waals surface area contributed by atoms with E-state index in [2.05, 4.69) is 49.0 Å². The van der Waals surface area contributed by atoms with Gasteiger partial charge in [0.2, 0.25) is 0 Å². The third kappa shape index (κ3) is 10.3. The topological polar surface area (TPSA) is 190 Å². The van der Waals surface area contributed by atoms with E-state index in [9.17, 15) is 19.5 Å². The van der Waals surface area contributed by atoms with Crippen LogP contribution in [-0.4, -0.2) is 83.2 Å². The van der Waals surface area contributed by atoms with Gasteiger partial charge in [-0.2, -0.15) is 0 Å². The first-order valence-electron chi connectivity index (χ1n) is 13.1. The average molecular weight is 576 g/mol. The van der Waals surface area contributed by atoms with Gasteiger partial charge in [-0.15, -0.1) is 0 Å². The van der Waals surface area contributed by atoms with Crippen molar-refractivity contribution in [3.63, 3.8) is 0 Å². The highest BCUT2D eigenvalue weighted by Crippen LogP contribution is 2.35. The van der Waals surface area contributed by atoms with Gasteiger partial charge in [0, 0.05) is 48.2 Å². The number of rotatable bonds is 11. The molecule has 1 aliphatic heterocycles. The van der Waals surface area contributed by atoms with E-state index < -0.39 is 36.4 Å². The number of hydrogen-bond donors (Lipinski definition) is 6. The predicted molar refractivity (Wildman–Crippen MR) is 150 cm³/mol. The Labute approximate surface area is 239 Å². The van der Waals surface area contributed by atoms with Crippen LogP contribution in [0.25, 0.3) is 0 Å². The molecule has 1 aromatic carbocycles. The lowest BCUT2D eigenvalue weighted by atomic mass is 9.78. The Morgan fingerprint density at radius 3 is 2.05 bits per heavy atom. The molecular formula is C29H41N3O9. The molecule has 0 spiro atoms. The van der Waals surface area contributed by atoms with Gasteiger partial charge < -0.3 is 35.6 Å². The number of piperidine rings is 1. The molecule has 0 radical (unpaired) electrons. The van der Waals surface area contributed by atoms with Gasteiger partial charge in [0.05, 0.1) is 20.0 Å². The molecule has 3 rings (SSSR count). The van der Waals surface area contributed by atoms with E-state index in [0.29, 0.717) is 18.3 Å². The number of phenols is 1. The number of carbonyl (C=O) groups is 3. The summed E-state index contributed by atoms with van der Waals surface area (Å²) in [4.78, 5) is 37.2. The Kier molecular flexibility index (Phi) is 11.2. The molecule has 12 nitrogen and oxygen atoms in total. The number of aromatic hydroxyl groups is 1. The van der Waals surface area contributed by atoms with E-state index in [1.165, 1.54) is 5.56 Å². The smallest absolute Gasteiger partial charge is 0.336 e. The first kappa shape index (κ1) is 33.5. The summed E-state index contributed by atoms with van der Waals surface area (Å²) in [6.07, 6.45) is 3.53. The first-order valence-corrected chi connectivity index (χ1v) is 13.1. The quantitative estimate of drug-likeness (QED) is 0.230. The number of carboxylic acid groups (broad SMARTS) is 3. The largest absolute Gasteiger partial charge is 0.504 e. The number of para-hydroxylation sites is 1. The second-order valence-electron chi connectivity index (χ2n) is 11.7. The summed E-state index contributed by atoms with van der Waals surface area (Å²) < 4.78 is 5.31. The SMILES string of the molecule is COc1cccc(CN(Cc2cccnc2)C2CC(C)(C)NC(C)(C)C2)c1O.O=C(O)CC(O)(CC(=O)O)C(=O)O. The maximum Gasteiger partial charge on any atom is 0.336 e. The monoisotopic (exact) mass is 575 g/mol. The van der Waals surface area contributed by atoms with Crippen molar-refractivity contribution >= 4 is 17.9 Å². The molecule has 41 heavy (non-hydrogen) atoms. The van der Waals surface area contributed by atoms with Crippen molar-refractivity contribution in [3.8, 4) is 11.5 Å². The van der Waals surface area contributed by atoms with Crippen LogP contribution >= 0.6 is 0 Å². The molecule has 0 atom stereocenters. The highest BCUT2D eigenvalue weighted by atomic mass is 16.5. The molecule has 2 heterocycles. The third-order valence-electron chi connectivity index (χ3n) is 6.75. The number of phenolic OH excluding ortho intramolecular Hbond substituents is 1. The maximum atomic E-state index is 10.6. The Balaban J connectivity index is 0.000000383. The molecule has 6 N–H and O–H groups in total. The summed E-state index contributed by atoms with van der Waals surface area (Å²) in [5.74, 6) is -4.27. The van der Waals surface area contributed by atoms with Crippen LogP contribution in [-0.2, 0) is 27.5 Å². The first-order chi connectivity index (χ1) is 19.0. The van der Waals surface area contributed by atoms with Gasteiger partial charge in [0.25, 0.3) is 0 Å². The maximum absolute atomic E-state index is 10.6. The van der Waals surface area contributed by atoms with Crippen LogP contribution in [0.3, 0.4) is 0 Å². The summed E-state index contributed by atoms with van der Waals surface area (Å²) in [6, 6.07) is 10.2. The van der Waals surface area contributed by atoms with E-state index in [-0.39, 0.29) is 16.8 Å². The molecule has 0 aliphatic carbocycles. The number of nitrogens with zero attached hydrogens (tertiary/aromatic N) is 2. The van der Waals surface area contributed by atoms with Gasteiger partial charge in [0.15, 0.2) is 17.1 Å². The molecule has 2 aromatic rings. The van der Waals surface area contributed by atoms with Crippen LogP contribution in [0.4, 0.5) is 0 Å². The minimum atomic E-state index is -2.74. The lowest BCUT2D eigenvalue weighted by Gasteiger charge is -2.49. The number of benzene rings is 1. The van der Waals surface area contributed by atoms with E-state index >= 15 is 0 Å². The zero-order valence-electron chi connectivity index (χ0n) is 24.1. The molecular weight excluding hydrogens is 534 g/mol. The van der Waals surface area contributed by atoms with Crippen molar-refractivity contribution in [2.24, 2.45) is 0 Å². The minimum absolute atomic E-state index is 0.0516. The molecule has 1 aliphatic rings. The third-order valence-corrected chi connectivity index (χ3v) is 6.75. The van der Waals surface area contributed by atoms with Gasteiger partial charge >= 0.3 is 17.9 Å². The van der Waals surface area contributed by atoms with Crippen LogP contribution < -0.4 is 10.1 Å². The fourth-order valence-electron chi connectivity index (χ4n) is 5.36. The van der Waals surface area contributed by atoms with Crippen LogP contribution in [0.15, 0.2) is 42.7 Å². The van der Waals surface area contributed by atoms with Crippen molar-refractivity contribution < 1.29 is 44.7 Å². The number of pyridine rings is 1. The highest BCUT2D eigenvalue weighted by Gasteiger charge is 2.41. The normalized spacial score (nSPS) is 16.4. The second-order valence-corrected chi connectivity index (χ2v) is 11.7. The van der Waals surface area contributed by atoms with E-state index in [4.69, 9.17) is 25.2 Å². The summed E-state index contributed by atoms with van der Waals surface area (Å²) in [5.41, 5.74) is -0.569. The lowest BCUT2D eigenvalue weighted by Crippen LogP contribution is -2.62. The fraction of sp³-hybridized carbons (Fsp3) is 0.517. The van der Waals surface area contributed by atoms with Crippen LogP contribution in [0.1, 0.15) is 64.5 Å². The average Bonchev–Trinajstić information content (AvgIpc) is 2.83. The Morgan fingerprint density at radius 1 is 1.00 bits per heavy atom. The van der Waals surface area contributed by atoms with Crippen molar-refractivity contribution in [2.45, 2.75) is 89.2 Å². The zero-order chi connectivity index (χ0) is 31.0. The number of nitrogens with one attached hydrogen (secondary N) is 1. The number of hydrogen-bond acceptors (Lipinski definition) is 9. The fourth-order valence-corrected chi connectivity index (χ4v) is 5.36. The van der Waals surface area contributed by atoms with Gasteiger partial charge in [-0.1, -0.05) is 18.2 Å². The van der Waals surface area contributed by atoms with Crippen molar-refractivity contribution in [3.05, 3.63) is 53.9 Å². The Morgan fingerprint density at radius 2 is 1.59 bits per heavy atom. The van der Waals surface area contributed by atoms with Crippen LogP contribution in [0.2, 0.25) is 0 Å². The molecule has 1 aromatic heterocycles. The molecule has 12 heteroatoms. The van der Waals surface area contributed by atoms with Crippen LogP contribution in [0.5, 0.6) is 11.5 Å². The van der Waals surface area contributed by atoms with Crippen LogP contribution in [0, 0.1) is 0 Å². The number of aliphatic carboxylic acids is 3. The molecule has 1 saturated heterocycles. The molecule has 226 valence electrons. The van der Waals surface area contributed by atoms with Gasteiger partial charge in [-0.05, 0) is 58.2 Å². The van der Waals surface area contributed by atoms with E-state index in [1.807, 2.05) is 24.4 Å². The molecule has 0 unspecified atom stereocenters. The second kappa shape index (κ2) is 13.7. The number of aliphatic hydroxyl groups is 1. The van der Waals surface area contributed by atoms with E-state index in [1.54, 1.807) is 19.4 Å². The lowest BCUT2D eigenvalue weighted by molar-refractivity contribution is -0.170. The van der Waals surface area contributed by atoms with Gasteiger partial charge in [-0.3, -0.25) is 19.5 Å². The minimum Gasteiger partial charge on any atom is -0.504 e. The molecule has 1 fully saturated rings.